The van der Waals surface area contributed by atoms with Gasteiger partial charge in [-0.2, -0.15) is 0 Å². The molecule has 0 radical (unpaired) electrons. The number of halogens is 1. The smallest absolute Gasteiger partial charge is 0.339 e. The Morgan fingerprint density at radius 1 is 0.880 bits per heavy atom. The first-order chi connectivity index (χ1) is 12.0. The van der Waals surface area contributed by atoms with Crippen LogP contribution in [0.3, 0.4) is 0 Å². The predicted molar refractivity (Wildman–Crippen MR) is 94.1 cm³/mol. The number of fused-ring (bicyclic) bond motifs is 1. The van der Waals surface area contributed by atoms with Crippen molar-refractivity contribution in [3.63, 3.8) is 0 Å². The van der Waals surface area contributed by atoms with Crippen LogP contribution in [0.5, 0.6) is 23.0 Å². The molecule has 1 aliphatic rings. The Morgan fingerprint density at radius 3 is 2.08 bits per heavy atom. The lowest BCUT2D eigenvalue weighted by Crippen LogP contribution is -2.05. The van der Waals surface area contributed by atoms with Gasteiger partial charge in [-0.1, -0.05) is 0 Å². The van der Waals surface area contributed by atoms with Gasteiger partial charge in [0, 0.05) is 17.7 Å². The standard InChI is InChI=1S/C18H17BrO6/c1-21-9-5-11-15(13(7-9)23-3)17(25-18(11)20)12-6-10(22-2)8-14(24-4)16(12)19/h5-8,17H,1-4H3/t17-/m0/s1. The number of benzene rings is 2. The van der Waals surface area contributed by atoms with Crippen molar-refractivity contribution in [2.24, 2.45) is 0 Å². The van der Waals surface area contributed by atoms with Crippen LogP contribution in [0.4, 0.5) is 0 Å². The summed E-state index contributed by atoms with van der Waals surface area (Å²) in [5, 5.41) is 0. The Labute approximate surface area is 153 Å². The topological polar surface area (TPSA) is 63.2 Å². The van der Waals surface area contributed by atoms with E-state index in [1.165, 1.54) is 14.2 Å². The van der Waals surface area contributed by atoms with Gasteiger partial charge in [-0.25, -0.2) is 4.79 Å². The number of esters is 1. The van der Waals surface area contributed by atoms with Crippen molar-refractivity contribution in [1.29, 1.82) is 0 Å². The normalized spacial score (nSPS) is 15.4. The largest absolute Gasteiger partial charge is 0.497 e. The number of carbonyl (C=O) groups excluding carboxylic acids is 1. The molecule has 0 saturated carbocycles. The Morgan fingerprint density at radius 2 is 1.48 bits per heavy atom. The van der Waals surface area contributed by atoms with Crippen LogP contribution in [0.1, 0.15) is 27.6 Å². The summed E-state index contributed by atoms with van der Waals surface area (Å²) in [5.74, 6) is 1.76. The monoisotopic (exact) mass is 408 g/mol. The summed E-state index contributed by atoms with van der Waals surface area (Å²) >= 11 is 3.52. The molecule has 1 atom stereocenters. The van der Waals surface area contributed by atoms with Gasteiger partial charge in [-0.05, 0) is 28.1 Å². The quantitative estimate of drug-likeness (QED) is 0.702. The second kappa shape index (κ2) is 6.84. The van der Waals surface area contributed by atoms with Gasteiger partial charge in [0.05, 0.1) is 44.0 Å². The van der Waals surface area contributed by atoms with Gasteiger partial charge in [-0.3, -0.25) is 0 Å². The third kappa shape index (κ3) is 2.89. The molecule has 25 heavy (non-hydrogen) atoms. The number of hydrogen-bond donors (Lipinski definition) is 0. The van der Waals surface area contributed by atoms with Gasteiger partial charge in [0.1, 0.15) is 23.0 Å². The van der Waals surface area contributed by atoms with E-state index < -0.39 is 12.1 Å². The fourth-order valence-corrected chi connectivity index (χ4v) is 3.42. The molecule has 1 heterocycles. The third-order valence-corrected chi connectivity index (χ3v) is 4.91. The maximum Gasteiger partial charge on any atom is 0.339 e. The summed E-state index contributed by atoms with van der Waals surface area (Å²) in [6.07, 6.45) is -0.651. The molecule has 0 aliphatic carbocycles. The minimum absolute atomic E-state index is 0.412. The zero-order valence-electron chi connectivity index (χ0n) is 14.2. The highest BCUT2D eigenvalue weighted by Gasteiger charge is 2.38. The molecule has 6 nitrogen and oxygen atoms in total. The molecule has 0 unspecified atom stereocenters. The molecule has 1 aliphatic heterocycles. The van der Waals surface area contributed by atoms with Gasteiger partial charge in [0.2, 0.25) is 0 Å². The second-order valence-electron chi connectivity index (χ2n) is 5.31. The fraction of sp³-hybridized carbons (Fsp3) is 0.278. The molecule has 0 spiro atoms. The molecule has 7 heteroatoms. The Bertz CT molecular complexity index is 833. The van der Waals surface area contributed by atoms with Gasteiger partial charge in [-0.15, -0.1) is 0 Å². The molecular weight excluding hydrogens is 392 g/mol. The van der Waals surface area contributed by atoms with Crippen molar-refractivity contribution in [3.05, 3.63) is 45.4 Å². The summed E-state index contributed by atoms with van der Waals surface area (Å²) in [4.78, 5) is 12.4. The predicted octanol–water partition coefficient (Wildman–Crippen LogP) is 3.74. The van der Waals surface area contributed by atoms with Crippen LogP contribution in [-0.2, 0) is 4.74 Å². The summed E-state index contributed by atoms with van der Waals surface area (Å²) in [7, 11) is 6.19. The van der Waals surface area contributed by atoms with Crippen molar-refractivity contribution < 1.29 is 28.5 Å². The first-order valence-electron chi connectivity index (χ1n) is 7.42. The lowest BCUT2D eigenvalue weighted by atomic mass is 9.97. The maximum atomic E-state index is 12.4. The van der Waals surface area contributed by atoms with Crippen LogP contribution in [0.25, 0.3) is 0 Å². The lowest BCUT2D eigenvalue weighted by Gasteiger charge is -2.18. The van der Waals surface area contributed by atoms with Crippen LogP contribution >= 0.6 is 15.9 Å². The number of ether oxygens (including phenoxy) is 5. The number of methoxy groups -OCH3 is 4. The first kappa shape index (κ1) is 17.4. The van der Waals surface area contributed by atoms with Crippen molar-refractivity contribution in [3.8, 4) is 23.0 Å². The molecule has 0 amide bonds. The minimum Gasteiger partial charge on any atom is -0.497 e. The van der Waals surface area contributed by atoms with Gasteiger partial charge in [0.15, 0.2) is 6.10 Å². The van der Waals surface area contributed by atoms with Gasteiger partial charge in [0.25, 0.3) is 0 Å². The van der Waals surface area contributed by atoms with E-state index in [4.69, 9.17) is 23.7 Å². The van der Waals surface area contributed by atoms with E-state index in [-0.39, 0.29) is 0 Å². The maximum absolute atomic E-state index is 12.4. The fourth-order valence-electron chi connectivity index (χ4n) is 2.83. The number of hydrogen-bond acceptors (Lipinski definition) is 6. The molecular formula is C18H17BrO6. The molecule has 0 bridgehead atoms. The lowest BCUT2D eigenvalue weighted by molar-refractivity contribution is 0.0452. The zero-order chi connectivity index (χ0) is 18.1. The number of cyclic esters (lactones) is 1. The molecule has 0 saturated heterocycles. The van der Waals surface area contributed by atoms with Gasteiger partial charge >= 0.3 is 5.97 Å². The third-order valence-electron chi connectivity index (χ3n) is 4.06. The van der Waals surface area contributed by atoms with Crippen LogP contribution in [0, 0.1) is 0 Å². The molecule has 2 aromatic rings. The van der Waals surface area contributed by atoms with Crippen LogP contribution in [0.15, 0.2) is 28.7 Å². The van der Waals surface area contributed by atoms with E-state index in [1.807, 2.05) is 0 Å². The van der Waals surface area contributed by atoms with E-state index >= 15 is 0 Å². The average Bonchev–Trinajstić information content (AvgIpc) is 2.97. The summed E-state index contributed by atoms with van der Waals surface area (Å²) in [6.45, 7) is 0. The van der Waals surface area contributed by atoms with Crippen molar-refractivity contribution in [1.82, 2.24) is 0 Å². The molecule has 132 valence electrons. The Balaban J connectivity index is 2.22. The van der Waals surface area contributed by atoms with E-state index in [0.29, 0.717) is 44.2 Å². The Hall–Kier alpha value is -2.41. The molecule has 3 rings (SSSR count). The zero-order valence-corrected chi connectivity index (χ0v) is 15.8. The number of carbonyl (C=O) groups is 1. The van der Waals surface area contributed by atoms with E-state index in [0.717, 1.165) is 0 Å². The van der Waals surface area contributed by atoms with E-state index in [9.17, 15) is 4.79 Å². The van der Waals surface area contributed by atoms with E-state index in [2.05, 4.69) is 15.9 Å². The van der Waals surface area contributed by atoms with Crippen molar-refractivity contribution in [2.45, 2.75) is 6.10 Å². The highest BCUT2D eigenvalue weighted by Crippen LogP contribution is 2.48. The van der Waals surface area contributed by atoms with Crippen LogP contribution < -0.4 is 18.9 Å². The average molecular weight is 409 g/mol. The summed E-state index contributed by atoms with van der Waals surface area (Å²) in [6, 6.07) is 6.91. The number of rotatable bonds is 5. The van der Waals surface area contributed by atoms with Crippen molar-refractivity contribution in [2.75, 3.05) is 28.4 Å². The molecule has 2 aromatic carbocycles. The second-order valence-corrected chi connectivity index (χ2v) is 6.10. The summed E-state index contributed by atoms with van der Waals surface area (Å²) < 4.78 is 27.7. The highest BCUT2D eigenvalue weighted by molar-refractivity contribution is 9.10. The summed E-state index contributed by atoms with van der Waals surface area (Å²) in [5.41, 5.74) is 1.76. The SMILES string of the molecule is COc1cc(OC)c2c(c1)C(=O)O[C@H]2c1cc(OC)cc(OC)c1Br. The molecule has 0 N–H and O–H groups in total. The first-order valence-corrected chi connectivity index (χ1v) is 8.21. The Kier molecular flexibility index (Phi) is 4.76. The van der Waals surface area contributed by atoms with Gasteiger partial charge < -0.3 is 23.7 Å². The van der Waals surface area contributed by atoms with E-state index in [1.54, 1.807) is 38.5 Å². The molecule has 0 fully saturated rings. The van der Waals surface area contributed by atoms with Crippen molar-refractivity contribution >= 4 is 21.9 Å². The molecule has 0 aromatic heterocycles. The van der Waals surface area contributed by atoms with Crippen LogP contribution in [0.2, 0.25) is 0 Å². The minimum atomic E-state index is -0.651. The van der Waals surface area contributed by atoms with Crippen LogP contribution in [-0.4, -0.2) is 34.4 Å². The highest BCUT2D eigenvalue weighted by atomic mass is 79.9.